The number of amides is 2. The summed E-state index contributed by atoms with van der Waals surface area (Å²) in [6.45, 7) is 2.12. The van der Waals surface area contributed by atoms with Gasteiger partial charge in [0, 0.05) is 24.2 Å². The number of carbonyl (C=O) groups excluding carboxylic acids is 2. The maximum Gasteiger partial charge on any atom is 0.258 e. The normalized spacial score (nSPS) is 13.0. The van der Waals surface area contributed by atoms with Gasteiger partial charge in [0.2, 0.25) is 5.91 Å². The van der Waals surface area contributed by atoms with Crippen LogP contribution in [0.3, 0.4) is 0 Å². The van der Waals surface area contributed by atoms with E-state index in [2.05, 4.69) is 5.32 Å². The highest BCUT2D eigenvalue weighted by molar-refractivity contribution is 6.07. The van der Waals surface area contributed by atoms with E-state index < -0.39 is 5.82 Å². The molecule has 3 rings (SSSR count). The van der Waals surface area contributed by atoms with Crippen molar-refractivity contribution in [2.45, 2.75) is 6.92 Å². The molecular formula is C17H15FN2O3. The molecule has 0 saturated heterocycles. The largest absolute Gasteiger partial charge is 0.490 e. The van der Waals surface area contributed by atoms with Crippen molar-refractivity contribution in [3.05, 3.63) is 53.8 Å². The fourth-order valence-electron chi connectivity index (χ4n) is 2.46. The van der Waals surface area contributed by atoms with Crippen molar-refractivity contribution in [1.82, 2.24) is 0 Å². The Labute approximate surface area is 132 Å². The Kier molecular flexibility index (Phi) is 3.97. The third kappa shape index (κ3) is 3.15. The molecule has 2 aromatic rings. The summed E-state index contributed by atoms with van der Waals surface area (Å²) < 4.78 is 18.9. The van der Waals surface area contributed by atoms with Crippen LogP contribution in [-0.4, -0.2) is 25.0 Å². The van der Waals surface area contributed by atoms with Crippen LogP contribution in [0.15, 0.2) is 42.5 Å². The molecule has 0 saturated carbocycles. The van der Waals surface area contributed by atoms with Crippen molar-refractivity contribution in [2.24, 2.45) is 0 Å². The van der Waals surface area contributed by atoms with Crippen molar-refractivity contribution in [1.29, 1.82) is 0 Å². The van der Waals surface area contributed by atoms with Gasteiger partial charge in [-0.15, -0.1) is 0 Å². The average molecular weight is 314 g/mol. The first kappa shape index (κ1) is 15.0. The minimum absolute atomic E-state index is 0.179. The molecule has 0 radical (unpaired) electrons. The first-order valence-corrected chi connectivity index (χ1v) is 7.16. The molecule has 0 unspecified atom stereocenters. The standard InChI is InChI=1S/C17H15FN2O3/c1-11(21)19-14-5-2-12(3-6-14)17(22)20-8-9-23-16-7-4-13(18)10-15(16)20/h2-7,10H,8-9H2,1H3,(H,19,21). The van der Waals surface area contributed by atoms with E-state index in [0.29, 0.717) is 35.8 Å². The van der Waals surface area contributed by atoms with E-state index in [1.54, 1.807) is 24.3 Å². The third-order valence-electron chi connectivity index (χ3n) is 3.48. The van der Waals surface area contributed by atoms with E-state index in [9.17, 15) is 14.0 Å². The van der Waals surface area contributed by atoms with E-state index in [1.807, 2.05) is 0 Å². The molecule has 1 aliphatic rings. The lowest BCUT2D eigenvalue weighted by atomic mass is 10.1. The lowest BCUT2D eigenvalue weighted by molar-refractivity contribution is -0.114. The Morgan fingerprint density at radius 1 is 1.17 bits per heavy atom. The molecular weight excluding hydrogens is 299 g/mol. The number of fused-ring (bicyclic) bond motifs is 1. The number of nitrogens with one attached hydrogen (secondary N) is 1. The summed E-state index contributed by atoms with van der Waals surface area (Å²) in [5, 5.41) is 2.64. The highest BCUT2D eigenvalue weighted by Gasteiger charge is 2.25. The maximum atomic E-state index is 13.5. The van der Waals surface area contributed by atoms with Crippen LogP contribution in [-0.2, 0) is 4.79 Å². The van der Waals surface area contributed by atoms with E-state index in [1.165, 1.54) is 30.0 Å². The summed E-state index contributed by atoms with van der Waals surface area (Å²) in [5.41, 5.74) is 1.49. The highest BCUT2D eigenvalue weighted by Crippen LogP contribution is 2.33. The predicted molar refractivity (Wildman–Crippen MR) is 84.3 cm³/mol. The number of anilines is 2. The van der Waals surface area contributed by atoms with E-state index in [-0.39, 0.29) is 11.8 Å². The maximum absolute atomic E-state index is 13.5. The third-order valence-corrected chi connectivity index (χ3v) is 3.48. The smallest absolute Gasteiger partial charge is 0.258 e. The first-order valence-electron chi connectivity index (χ1n) is 7.16. The predicted octanol–water partition coefficient (Wildman–Crippen LogP) is 2.82. The number of ether oxygens (including phenoxy) is 1. The summed E-state index contributed by atoms with van der Waals surface area (Å²) in [7, 11) is 0. The topological polar surface area (TPSA) is 58.6 Å². The van der Waals surface area contributed by atoms with Gasteiger partial charge in [0.15, 0.2) is 0 Å². The van der Waals surface area contributed by atoms with Crippen LogP contribution in [0, 0.1) is 5.82 Å². The summed E-state index contributed by atoms with van der Waals surface area (Å²) in [5.74, 6) is -0.356. The molecule has 0 aliphatic carbocycles. The van der Waals surface area contributed by atoms with Gasteiger partial charge in [-0.05, 0) is 36.4 Å². The van der Waals surface area contributed by atoms with Gasteiger partial charge in [0.05, 0.1) is 12.2 Å². The van der Waals surface area contributed by atoms with Crippen molar-refractivity contribution in [3.63, 3.8) is 0 Å². The summed E-state index contributed by atoms with van der Waals surface area (Å²) in [4.78, 5) is 25.2. The minimum Gasteiger partial charge on any atom is -0.490 e. The van der Waals surface area contributed by atoms with Crippen LogP contribution in [0.4, 0.5) is 15.8 Å². The van der Waals surface area contributed by atoms with Crippen molar-refractivity contribution >= 4 is 23.2 Å². The van der Waals surface area contributed by atoms with E-state index in [4.69, 9.17) is 4.74 Å². The van der Waals surface area contributed by atoms with Crippen LogP contribution >= 0.6 is 0 Å². The molecule has 1 N–H and O–H groups in total. The van der Waals surface area contributed by atoms with Crippen LogP contribution in [0.25, 0.3) is 0 Å². The number of rotatable bonds is 2. The van der Waals surface area contributed by atoms with Gasteiger partial charge in [-0.25, -0.2) is 4.39 Å². The molecule has 1 aliphatic heterocycles. The molecule has 2 amide bonds. The van der Waals surface area contributed by atoms with Crippen molar-refractivity contribution in [3.8, 4) is 5.75 Å². The number of nitrogens with zero attached hydrogens (tertiary/aromatic N) is 1. The Balaban J connectivity index is 1.87. The first-order chi connectivity index (χ1) is 11.0. The quantitative estimate of drug-likeness (QED) is 0.927. The molecule has 23 heavy (non-hydrogen) atoms. The number of hydrogen-bond acceptors (Lipinski definition) is 3. The summed E-state index contributed by atoms with van der Waals surface area (Å²) >= 11 is 0. The Morgan fingerprint density at radius 3 is 2.61 bits per heavy atom. The lowest BCUT2D eigenvalue weighted by Gasteiger charge is -2.29. The molecule has 0 bridgehead atoms. The second-order valence-electron chi connectivity index (χ2n) is 5.18. The molecule has 0 atom stereocenters. The highest BCUT2D eigenvalue weighted by atomic mass is 19.1. The van der Waals surface area contributed by atoms with Crippen molar-refractivity contribution < 1.29 is 18.7 Å². The lowest BCUT2D eigenvalue weighted by Crippen LogP contribution is -2.38. The zero-order valence-electron chi connectivity index (χ0n) is 12.5. The Hall–Kier alpha value is -2.89. The van der Waals surface area contributed by atoms with E-state index in [0.717, 1.165) is 0 Å². The van der Waals surface area contributed by atoms with Crippen LogP contribution in [0.5, 0.6) is 5.75 Å². The Bertz CT molecular complexity index is 759. The molecule has 6 heteroatoms. The number of halogens is 1. The van der Waals surface area contributed by atoms with E-state index >= 15 is 0 Å². The molecule has 5 nitrogen and oxygen atoms in total. The Morgan fingerprint density at radius 2 is 1.91 bits per heavy atom. The molecule has 2 aromatic carbocycles. The van der Waals surface area contributed by atoms with Gasteiger partial charge in [0.25, 0.3) is 5.91 Å². The van der Waals surface area contributed by atoms with Crippen LogP contribution in [0.1, 0.15) is 17.3 Å². The zero-order valence-corrected chi connectivity index (χ0v) is 12.5. The molecule has 1 heterocycles. The van der Waals surface area contributed by atoms with Gasteiger partial charge in [-0.1, -0.05) is 0 Å². The SMILES string of the molecule is CC(=O)Nc1ccc(C(=O)N2CCOc3ccc(F)cc32)cc1. The van der Waals surface area contributed by atoms with Gasteiger partial charge >= 0.3 is 0 Å². The van der Waals surface area contributed by atoms with Gasteiger partial charge in [-0.2, -0.15) is 0 Å². The summed E-state index contributed by atoms with van der Waals surface area (Å²) in [6, 6.07) is 10.7. The van der Waals surface area contributed by atoms with Crippen LogP contribution in [0.2, 0.25) is 0 Å². The zero-order chi connectivity index (χ0) is 16.4. The average Bonchev–Trinajstić information content (AvgIpc) is 2.54. The number of benzene rings is 2. The van der Waals surface area contributed by atoms with Gasteiger partial charge in [-0.3, -0.25) is 9.59 Å². The van der Waals surface area contributed by atoms with Gasteiger partial charge in [0.1, 0.15) is 18.2 Å². The van der Waals surface area contributed by atoms with Crippen LogP contribution < -0.4 is 15.0 Å². The second kappa shape index (κ2) is 6.08. The van der Waals surface area contributed by atoms with Gasteiger partial charge < -0.3 is 15.0 Å². The second-order valence-corrected chi connectivity index (χ2v) is 5.18. The minimum atomic E-state index is -0.423. The fourth-order valence-corrected chi connectivity index (χ4v) is 2.46. The molecule has 0 spiro atoms. The number of hydrogen-bond donors (Lipinski definition) is 1. The monoisotopic (exact) mass is 314 g/mol. The molecule has 0 fully saturated rings. The fraction of sp³-hybridized carbons (Fsp3) is 0.176. The molecule has 118 valence electrons. The van der Waals surface area contributed by atoms with Crippen molar-refractivity contribution in [2.75, 3.05) is 23.4 Å². The molecule has 0 aromatic heterocycles. The summed E-state index contributed by atoms with van der Waals surface area (Å²) in [6.07, 6.45) is 0. The number of carbonyl (C=O) groups is 2.